The third-order valence-corrected chi connectivity index (χ3v) is 2.56. The summed E-state index contributed by atoms with van der Waals surface area (Å²) in [7, 11) is 1.49. The van der Waals surface area contributed by atoms with Gasteiger partial charge in [-0.1, -0.05) is 18.2 Å². The van der Waals surface area contributed by atoms with E-state index >= 15 is 0 Å². The molecule has 0 aliphatic rings. The molecular weight excluding hydrogens is 260 g/mol. The molecule has 1 amide bonds. The van der Waals surface area contributed by atoms with E-state index in [4.69, 9.17) is 9.84 Å². The number of anilines is 1. The lowest BCUT2D eigenvalue weighted by atomic mass is 10.2. The van der Waals surface area contributed by atoms with Gasteiger partial charge in [0.05, 0.1) is 12.8 Å². The number of aromatic nitrogens is 1. The van der Waals surface area contributed by atoms with E-state index in [-0.39, 0.29) is 11.4 Å². The number of carboxylic acid groups (broad SMARTS) is 1. The van der Waals surface area contributed by atoms with Crippen molar-refractivity contribution in [2.45, 2.75) is 0 Å². The standard InChI is InChI=1S/C14H12N2O4/c1-20-12-8-3-2-5-9(12)16-13(17)10-6-4-7-11(15-10)14(18)19/h2-8H,1H3,(H,16,17)(H,18,19). The summed E-state index contributed by atoms with van der Waals surface area (Å²) in [6.45, 7) is 0. The molecule has 0 aliphatic heterocycles. The van der Waals surface area contributed by atoms with Gasteiger partial charge in [0.1, 0.15) is 17.1 Å². The monoisotopic (exact) mass is 272 g/mol. The number of methoxy groups -OCH3 is 1. The van der Waals surface area contributed by atoms with Crippen LogP contribution in [0.3, 0.4) is 0 Å². The van der Waals surface area contributed by atoms with Gasteiger partial charge in [-0.05, 0) is 24.3 Å². The molecule has 102 valence electrons. The summed E-state index contributed by atoms with van der Waals surface area (Å²) in [5, 5.41) is 11.5. The first-order valence-electron chi connectivity index (χ1n) is 5.76. The molecule has 0 aliphatic carbocycles. The zero-order chi connectivity index (χ0) is 14.5. The van der Waals surface area contributed by atoms with Gasteiger partial charge in [-0.3, -0.25) is 4.79 Å². The number of carbonyl (C=O) groups excluding carboxylic acids is 1. The zero-order valence-corrected chi connectivity index (χ0v) is 10.7. The molecule has 0 unspecified atom stereocenters. The van der Waals surface area contributed by atoms with Gasteiger partial charge in [-0.25, -0.2) is 9.78 Å². The number of aromatic carboxylic acids is 1. The smallest absolute Gasteiger partial charge is 0.354 e. The van der Waals surface area contributed by atoms with E-state index in [0.717, 1.165) is 0 Å². The van der Waals surface area contributed by atoms with E-state index in [9.17, 15) is 9.59 Å². The molecule has 2 rings (SSSR count). The van der Waals surface area contributed by atoms with Crippen molar-refractivity contribution in [3.05, 3.63) is 53.9 Å². The van der Waals surface area contributed by atoms with Crippen LogP contribution in [-0.2, 0) is 0 Å². The first-order valence-corrected chi connectivity index (χ1v) is 5.76. The SMILES string of the molecule is COc1ccccc1NC(=O)c1cccc(C(=O)O)n1. The summed E-state index contributed by atoms with van der Waals surface area (Å²) < 4.78 is 5.11. The van der Waals surface area contributed by atoms with Crippen LogP contribution in [0.15, 0.2) is 42.5 Å². The number of ether oxygens (including phenoxy) is 1. The number of carboxylic acids is 1. The predicted octanol–water partition coefficient (Wildman–Crippen LogP) is 2.04. The molecule has 0 saturated carbocycles. The van der Waals surface area contributed by atoms with Gasteiger partial charge >= 0.3 is 5.97 Å². The highest BCUT2D eigenvalue weighted by Gasteiger charge is 2.13. The fourth-order valence-electron chi connectivity index (χ4n) is 1.61. The second-order valence-electron chi connectivity index (χ2n) is 3.87. The summed E-state index contributed by atoms with van der Waals surface area (Å²) >= 11 is 0. The first kappa shape index (κ1) is 13.5. The Morgan fingerprint density at radius 3 is 2.50 bits per heavy atom. The Morgan fingerprint density at radius 2 is 1.80 bits per heavy atom. The number of nitrogens with zero attached hydrogens (tertiary/aromatic N) is 1. The van der Waals surface area contributed by atoms with Crippen molar-refractivity contribution >= 4 is 17.6 Å². The number of hydrogen-bond acceptors (Lipinski definition) is 4. The van der Waals surface area contributed by atoms with Crippen LogP contribution < -0.4 is 10.1 Å². The van der Waals surface area contributed by atoms with Gasteiger partial charge in [0.25, 0.3) is 5.91 Å². The first-order chi connectivity index (χ1) is 9.61. The molecule has 0 fully saturated rings. The zero-order valence-electron chi connectivity index (χ0n) is 10.7. The van der Waals surface area contributed by atoms with Gasteiger partial charge in [-0.2, -0.15) is 0 Å². The number of pyridine rings is 1. The van der Waals surface area contributed by atoms with Crippen LogP contribution in [0.25, 0.3) is 0 Å². The fourth-order valence-corrected chi connectivity index (χ4v) is 1.61. The van der Waals surface area contributed by atoms with Crippen molar-refractivity contribution in [1.29, 1.82) is 0 Å². The molecule has 6 heteroatoms. The van der Waals surface area contributed by atoms with Gasteiger partial charge < -0.3 is 15.2 Å². The van der Waals surface area contributed by atoms with Gasteiger partial charge in [0.2, 0.25) is 0 Å². The largest absolute Gasteiger partial charge is 0.495 e. The number of amides is 1. The summed E-state index contributed by atoms with van der Waals surface area (Å²) in [5.41, 5.74) is 0.330. The van der Waals surface area contributed by atoms with Crippen molar-refractivity contribution in [1.82, 2.24) is 4.98 Å². The van der Waals surface area contributed by atoms with E-state index in [2.05, 4.69) is 10.3 Å². The Hall–Kier alpha value is -2.89. The molecule has 1 aromatic heterocycles. The van der Waals surface area contributed by atoms with Crippen LogP contribution in [-0.4, -0.2) is 29.1 Å². The van der Waals surface area contributed by atoms with Crippen molar-refractivity contribution in [3.63, 3.8) is 0 Å². The van der Waals surface area contributed by atoms with Crippen molar-refractivity contribution in [2.24, 2.45) is 0 Å². The minimum absolute atomic E-state index is 0.0239. The Balaban J connectivity index is 2.24. The highest BCUT2D eigenvalue weighted by atomic mass is 16.5. The summed E-state index contributed by atoms with van der Waals surface area (Å²) in [6.07, 6.45) is 0. The minimum atomic E-state index is -1.18. The van der Waals surface area contributed by atoms with E-state index in [1.165, 1.54) is 25.3 Å². The molecule has 1 heterocycles. The Morgan fingerprint density at radius 1 is 1.10 bits per heavy atom. The molecule has 2 aromatic rings. The lowest BCUT2D eigenvalue weighted by molar-refractivity contribution is 0.0690. The number of rotatable bonds is 4. The Kier molecular flexibility index (Phi) is 3.95. The van der Waals surface area contributed by atoms with Crippen molar-refractivity contribution in [3.8, 4) is 5.75 Å². The molecular formula is C14H12N2O4. The van der Waals surface area contributed by atoms with E-state index in [1.54, 1.807) is 24.3 Å². The predicted molar refractivity (Wildman–Crippen MR) is 72.1 cm³/mol. The molecule has 0 radical (unpaired) electrons. The van der Waals surface area contributed by atoms with Crippen LogP contribution in [0, 0.1) is 0 Å². The van der Waals surface area contributed by atoms with Crippen LogP contribution >= 0.6 is 0 Å². The van der Waals surface area contributed by atoms with Gasteiger partial charge in [-0.15, -0.1) is 0 Å². The van der Waals surface area contributed by atoms with Crippen LogP contribution in [0.4, 0.5) is 5.69 Å². The maximum absolute atomic E-state index is 12.0. The third-order valence-electron chi connectivity index (χ3n) is 2.56. The Labute approximate surface area is 115 Å². The number of carbonyl (C=O) groups is 2. The molecule has 0 bridgehead atoms. The summed E-state index contributed by atoms with van der Waals surface area (Å²) in [4.78, 5) is 26.6. The van der Waals surface area contributed by atoms with Crippen molar-refractivity contribution < 1.29 is 19.4 Å². The topological polar surface area (TPSA) is 88.5 Å². The highest BCUT2D eigenvalue weighted by molar-refractivity contribution is 6.04. The quantitative estimate of drug-likeness (QED) is 0.889. The normalized spacial score (nSPS) is 9.85. The Bertz CT molecular complexity index is 655. The lowest BCUT2D eigenvalue weighted by Gasteiger charge is -2.09. The van der Waals surface area contributed by atoms with E-state index in [1.807, 2.05) is 0 Å². The molecule has 6 nitrogen and oxygen atoms in total. The molecule has 2 N–H and O–H groups in total. The number of hydrogen-bond donors (Lipinski definition) is 2. The molecule has 0 saturated heterocycles. The summed E-state index contributed by atoms with van der Waals surface area (Å²) in [6, 6.07) is 11.1. The average molecular weight is 272 g/mol. The summed E-state index contributed by atoms with van der Waals surface area (Å²) in [5.74, 6) is -1.18. The number of nitrogens with one attached hydrogen (secondary N) is 1. The highest BCUT2D eigenvalue weighted by Crippen LogP contribution is 2.23. The maximum Gasteiger partial charge on any atom is 0.354 e. The van der Waals surface area contributed by atoms with Gasteiger partial charge in [0, 0.05) is 0 Å². The number of benzene rings is 1. The van der Waals surface area contributed by atoms with Crippen LogP contribution in [0.1, 0.15) is 21.0 Å². The average Bonchev–Trinajstić information content (AvgIpc) is 2.48. The fraction of sp³-hybridized carbons (Fsp3) is 0.0714. The van der Waals surface area contributed by atoms with E-state index < -0.39 is 11.9 Å². The molecule has 0 atom stereocenters. The van der Waals surface area contributed by atoms with Crippen LogP contribution in [0.2, 0.25) is 0 Å². The minimum Gasteiger partial charge on any atom is -0.495 e. The van der Waals surface area contributed by atoms with Crippen molar-refractivity contribution in [2.75, 3.05) is 12.4 Å². The number of para-hydroxylation sites is 2. The van der Waals surface area contributed by atoms with E-state index in [0.29, 0.717) is 11.4 Å². The van der Waals surface area contributed by atoms with Gasteiger partial charge in [0.15, 0.2) is 0 Å². The molecule has 20 heavy (non-hydrogen) atoms. The lowest BCUT2D eigenvalue weighted by Crippen LogP contribution is -2.15. The molecule has 1 aromatic carbocycles. The second-order valence-corrected chi connectivity index (χ2v) is 3.87. The molecule has 0 spiro atoms. The van der Waals surface area contributed by atoms with Crippen LogP contribution in [0.5, 0.6) is 5.75 Å². The maximum atomic E-state index is 12.0. The third kappa shape index (κ3) is 2.92. The second kappa shape index (κ2) is 5.83.